The third-order valence-electron chi connectivity index (χ3n) is 4.06. The molecule has 0 amide bonds. The molecule has 1 rings (SSSR count). The van der Waals surface area contributed by atoms with Gasteiger partial charge in [0.15, 0.2) is 0 Å². The molecular weight excluding hydrogens is 324 g/mol. The van der Waals surface area contributed by atoms with Gasteiger partial charge in [-0.2, -0.15) is 0 Å². The third-order valence-corrected chi connectivity index (χ3v) is 4.06. The summed E-state index contributed by atoms with van der Waals surface area (Å²) in [5, 5.41) is 0. The molecule has 26 heavy (non-hydrogen) atoms. The Morgan fingerprint density at radius 2 is 1.00 bits per heavy atom. The molecule has 3 heteroatoms. The monoisotopic (exact) mass is 364 g/mol. The lowest BCUT2D eigenvalue weighted by Gasteiger charge is -2.20. The van der Waals surface area contributed by atoms with Crippen molar-refractivity contribution in [1.82, 2.24) is 0 Å². The van der Waals surface area contributed by atoms with Crippen molar-refractivity contribution in [2.24, 2.45) is 16.7 Å². The summed E-state index contributed by atoms with van der Waals surface area (Å²) in [7, 11) is 0. The van der Waals surface area contributed by atoms with Gasteiger partial charge in [0.1, 0.15) is 17.2 Å². The Morgan fingerprint density at radius 3 is 1.31 bits per heavy atom. The number of ether oxygens (including phenoxy) is 3. The minimum atomic E-state index is 0.261. The Morgan fingerprint density at radius 1 is 0.654 bits per heavy atom. The van der Waals surface area contributed by atoms with E-state index >= 15 is 0 Å². The first-order chi connectivity index (χ1) is 11.9. The predicted octanol–water partition coefficient (Wildman–Crippen LogP) is 6.74. The Labute approximate surface area is 161 Å². The van der Waals surface area contributed by atoms with Gasteiger partial charge in [-0.15, -0.1) is 0 Å². The lowest BCUT2D eigenvalue weighted by atomic mass is 9.93. The van der Waals surface area contributed by atoms with Crippen LogP contribution in [-0.2, 0) is 0 Å². The summed E-state index contributed by atoms with van der Waals surface area (Å²) in [5.74, 6) is 3.09. The molecule has 0 aliphatic rings. The zero-order valence-electron chi connectivity index (χ0n) is 18.3. The average Bonchev–Trinajstić information content (AvgIpc) is 2.44. The molecule has 0 saturated heterocycles. The molecule has 0 N–H and O–H groups in total. The van der Waals surface area contributed by atoms with Crippen molar-refractivity contribution < 1.29 is 14.2 Å². The normalized spacial score (nSPS) is 12.3. The van der Waals surface area contributed by atoms with Gasteiger partial charge < -0.3 is 14.2 Å². The molecule has 0 aliphatic carbocycles. The van der Waals surface area contributed by atoms with E-state index in [9.17, 15) is 0 Å². The van der Waals surface area contributed by atoms with Gasteiger partial charge >= 0.3 is 0 Å². The maximum absolute atomic E-state index is 5.98. The Bertz CT molecular complexity index is 483. The van der Waals surface area contributed by atoms with Crippen molar-refractivity contribution in [1.29, 1.82) is 0 Å². The standard InChI is InChI=1S/C23H40O3/c1-18(2)9-12-24-19-15-20(25-13-10-22(3,4)5)17-21(16-19)26-14-11-23(6,7)8/h15-18H,9-14H2,1-8H3. The average molecular weight is 365 g/mol. The van der Waals surface area contributed by atoms with Crippen LogP contribution in [0.25, 0.3) is 0 Å². The molecule has 1 aromatic rings. The molecule has 150 valence electrons. The van der Waals surface area contributed by atoms with Crippen LogP contribution in [0.3, 0.4) is 0 Å². The van der Waals surface area contributed by atoms with Crippen molar-refractivity contribution in [2.45, 2.75) is 74.7 Å². The molecule has 0 fully saturated rings. The summed E-state index contributed by atoms with van der Waals surface area (Å²) in [6.07, 6.45) is 3.05. The topological polar surface area (TPSA) is 27.7 Å². The number of hydrogen-bond acceptors (Lipinski definition) is 3. The summed E-state index contributed by atoms with van der Waals surface area (Å²) in [5.41, 5.74) is 0.523. The molecule has 0 bridgehead atoms. The third kappa shape index (κ3) is 11.3. The highest BCUT2D eigenvalue weighted by molar-refractivity contribution is 5.42. The fourth-order valence-corrected chi connectivity index (χ4v) is 2.16. The molecule has 0 aromatic heterocycles. The van der Waals surface area contributed by atoms with Crippen LogP contribution in [-0.4, -0.2) is 19.8 Å². The van der Waals surface area contributed by atoms with Crippen LogP contribution in [0.15, 0.2) is 18.2 Å². The second-order valence-corrected chi connectivity index (χ2v) is 9.99. The van der Waals surface area contributed by atoms with Crippen molar-refractivity contribution >= 4 is 0 Å². The van der Waals surface area contributed by atoms with Crippen LogP contribution in [0.2, 0.25) is 0 Å². The van der Waals surface area contributed by atoms with Crippen LogP contribution in [0, 0.1) is 16.7 Å². The Balaban J connectivity index is 2.74. The van der Waals surface area contributed by atoms with Crippen molar-refractivity contribution in [3.8, 4) is 17.2 Å². The molecule has 0 radical (unpaired) electrons. The highest BCUT2D eigenvalue weighted by atomic mass is 16.5. The molecule has 0 aliphatic heterocycles. The first-order valence-corrected chi connectivity index (χ1v) is 9.98. The van der Waals surface area contributed by atoms with Crippen LogP contribution >= 0.6 is 0 Å². The summed E-state index contributed by atoms with van der Waals surface area (Å²) in [6.45, 7) is 19.9. The van der Waals surface area contributed by atoms with E-state index in [-0.39, 0.29) is 10.8 Å². The number of hydrogen-bond donors (Lipinski definition) is 0. The quantitative estimate of drug-likeness (QED) is 0.460. The number of benzene rings is 1. The molecular formula is C23H40O3. The maximum atomic E-state index is 5.98. The van der Waals surface area contributed by atoms with E-state index in [0.29, 0.717) is 25.7 Å². The zero-order valence-corrected chi connectivity index (χ0v) is 18.3. The van der Waals surface area contributed by atoms with E-state index in [4.69, 9.17) is 14.2 Å². The van der Waals surface area contributed by atoms with Crippen molar-refractivity contribution in [2.75, 3.05) is 19.8 Å². The lowest BCUT2D eigenvalue weighted by Crippen LogP contribution is -2.12. The van der Waals surface area contributed by atoms with Crippen molar-refractivity contribution in [3.63, 3.8) is 0 Å². The van der Waals surface area contributed by atoms with E-state index in [1.807, 2.05) is 18.2 Å². The maximum Gasteiger partial charge on any atom is 0.126 e. The molecule has 0 spiro atoms. The van der Waals surface area contributed by atoms with Gasteiger partial charge in [0.2, 0.25) is 0 Å². The first-order valence-electron chi connectivity index (χ1n) is 9.98. The predicted molar refractivity (Wildman–Crippen MR) is 111 cm³/mol. The van der Waals surface area contributed by atoms with Crippen LogP contribution in [0.5, 0.6) is 17.2 Å². The highest BCUT2D eigenvalue weighted by Gasteiger charge is 2.13. The van der Waals surface area contributed by atoms with E-state index < -0.39 is 0 Å². The van der Waals surface area contributed by atoms with Gasteiger partial charge in [-0.05, 0) is 36.0 Å². The first kappa shape index (κ1) is 22.7. The smallest absolute Gasteiger partial charge is 0.126 e. The molecule has 0 unspecified atom stereocenters. The van der Waals surface area contributed by atoms with Crippen LogP contribution in [0.4, 0.5) is 0 Å². The second-order valence-electron chi connectivity index (χ2n) is 9.99. The lowest BCUT2D eigenvalue weighted by molar-refractivity contribution is 0.230. The molecule has 0 atom stereocenters. The SMILES string of the molecule is CC(C)CCOc1cc(OCCC(C)(C)C)cc(OCCC(C)(C)C)c1. The van der Waals surface area contributed by atoms with Crippen LogP contribution < -0.4 is 14.2 Å². The van der Waals surface area contributed by atoms with E-state index in [1.54, 1.807) is 0 Å². The summed E-state index contributed by atoms with van der Waals surface area (Å²) in [4.78, 5) is 0. The minimum Gasteiger partial charge on any atom is -0.493 e. The molecule has 3 nitrogen and oxygen atoms in total. The van der Waals surface area contributed by atoms with E-state index in [2.05, 4.69) is 55.4 Å². The van der Waals surface area contributed by atoms with Crippen LogP contribution in [0.1, 0.15) is 74.7 Å². The van der Waals surface area contributed by atoms with Gasteiger partial charge in [0.05, 0.1) is 19.8 Å². The van der Waals surface area contributed by atoms with Gasteiger partial charge in [-0.25, -0.2) is 0 Å². The zero-order chi connectivity index (χ0) is 19.8. The molecule has 1 aromatic carbocycles. The van der Waals surface area contributed by atoms with Crippen molar-refractivity contribution in [3.05, 3.63) is 18.2 Å². The fraction of sp³-hybridized carbons (Fsp3) is 0.739. The van der Waals surface area contributed by atoms with Gasteiger partial charge in [-0.1, -0.05) is 55.4 Å². The summed E-state index contributed by atoms with van der Waals surface area (Å²) < 4.78 is 17.9. The molecule has 0 heterocycles. The van der Waals surface area contributed by atoms with Gasteiger partial charge in [-0.3, -0.25) is 0 Å². The Hall–Kier alpha value is -1.38. The largest absolute Gasteiger partial charge is 0.493 e. The molecule has 0 saturated carbocycles. The second kappa shape index (κ2) is 10.1. The minimum absolute atomic E-state index is 0.261. The summed E-state index contributed by atoms with van der Waals surface area (Å²) >= 11 is 0. The number of rotatable bonds is 10. The van der Waals surface area contributed by atoms with E-state index in [1.165, 1.54) is 0 Å². The highest BCUT2D eigenvalue weighted by Crippen LogP contribution is 2.30. The summed E-state index contributed by atoms with van der Waals surface area (Å²) in [6, 6.07) is 5.92. The van der Waals surface area contributed by atoms with Gasteiger partial charge in [0, 0.05) is 18.2 Å². The van der Waals surface area contributed by atoms with E-state index in [0.717, 1.165) is 36.5 Å². The Kier molecular flexibility index (Phi) is 8.79. The van der Waals surface area contributed by atoms with Gasteiger partial charge in [0.25, 0.3) is 0 Å². The fourth-order valence-electron chi connectivity index (χ4n) is 2.16.